The number of benzene rings is 1. The van der Waals surface area contributed by atoms with Crippen molar-refractivity contribution in [2.45, 2.75) is 32.6 Å². The molecule has 0 spiro atoms. The molecular weight excluding hydrogens is 451 g/mol. The molecule has 0 saturated carbocycles. The summed E-state index contributed by atoms with van der Waals surface area (Å²) in [6.07, 6.45) is 3.56. The predicted octanol–water partition coefficient (Wildman–Crippen LogP) is 4.28. The molecule has 0 atom stereocenters. The van der Waals surface area contributed by atoms with Gasteiger partial charge in [0.1, 0.15) is 10.8 Å². The van der Waals surface area contributed by atoms with Crippen molar-refractivity contribution in [2.75, 3.05) is 17.2 Å². The zero-order valence-electron chi connectivity index (χ0n) is 15.1. The number of anilines is 2. The van der Waals surface area contributed by atoms with Crippen LogP contribution in [0.1, 0.15) is 40.6 Å². The van der Waals surface area contributed by atoms with Crippen molar-refractivity contribution in [3.05, 3.63) is 44.5 Å². The molecule has 0 saturated heterocycles. The second kappa shape index (κ2) is 8.83. The number of amides is 2. The number of carbonyl (C=O) groups excluding carboxylic acids is 3. The number of halogens is 2. The summed E-state index contributed by atoms with van der Waals surface area (Å²) in [5.74, 6) is -2.21. The van der Waals surface area contributed by atoms with Gasteiger partial charge in [-0.15, -0.1) is 11.3 Å². The van der Waals surface area contributed by atoms with Crippen LogP contribution in [0.15, 0.2) is 22.7 Å². The van der Waals surface area contributed by atoms with E-state index < -0.39 is 24.3 Å². The van der Waals surface area contributed by atoms with Crippen LogP contribution >= 0.6 is 27.3 Å². The summed E-state index contributed by atoms with van der Waals surface area (Å²) in [6, 6.07) is 4.21. The summed E-state index contributed by atoms with van der Waals surface area (Å²) in [4.78, 5) is 37.2. The molecule has 0 radical (unpaired) electrons. The Kier molecular flexibility index (Phi) is 6.46. The van der Waals surface area contributed by atoms with E-state index in [1.54, 1.807) is 6.07 Å². The van der Waals surface area contributed by atoms with Gasteiger partial charge in [0.2, 0.25) is 5.91 Å². The van der Waals surface area contributed by atoms with E-state index in [-0.39, 0.29) is 11.6 Å². The molecule has 6 nitrogen and oxygen atoms in total. The third-order valence-electron chi connectivity index (χ3n) is 4.20. The van der Waals surface area contributed by atoms with Gasteiger partial charge in [-0.3, -0.25) is 9.59 Å². The molecule has 28 heavy (non-hydrogen) atoms. The lowest BCUT2D eigenvalue weighted by Gasteiger charge is -2.13. The van der Waals surface area contributed by atoms with Crippen LogP contribution in [0, 0.1) is 5.82 Å². The van der Waals surface area contributed by atoms with Gasteiger partial charge in [0.25, 0.3) is 5.91 Å². The van der Waals surface area contributed by atoms with Crippen LogP contribution in [-0.2, 0) is 27.2 Å². The number of thiophene rings is 1. The molecule has 2 N–H and O–H groups in total. The summed E-state index contributed by atoms with van der Waals surface area (Å²) in [5, 5.41) is 5.49. The number of aryl methyl sites for hydroxylation is 1. The second-order valence-electron chi connectivity index (χ2n) is 6.34. The number of esters is 1. The molecule has 148 valence electrons. The molecule has 0 aliphatic heterocycles. The van der Waals surface area contributed by atoms with Crippen LogP contribution < -0.4 is 10.6 Å². The van der Waals surface area contributed by atoms with E-state index in [1.165, 1.54) is 30.4 Å². The highest BCUT2D eigenvalue weighted by molar-refractivity contribution is 9.10. The highest BCUT2D eigenvalue weighted by atomic mass is 79.9. The molecule has 2 amide bonds. The van der Waals surface area contributed by atoms with Crippen molar-refractivity contribution >= 4 is 55.7 Å². The average Bonchev–Trinajstić information content (AvgIpc) is 2.99. The summed E-state index contributed by atoms with van der Waals surface area (Å²) >= 11 is 4.51. The molecule has 1 aromatic carbocycles. The van der Waals surface area contributed by atoms with Crippen molar-refractivity contribution in [2.24, 2.45) is 0 Å². The maximum atomic E-state index is 13.8. The Labute approximate surface area is 173 Å². The summed E-state index contributed by atoms with van der Waals surface area (Å²) in [5.41, 5.74) is 1.19. The Balaban J connectivity index is 1.69. The lowest BCUT2D eigenvalue weighted by Crippen LogP contribution is -2.22. The Morgan fingerprint density at radius 3 is 2.68 bits per heavy atom. The quantitative estimate of drug-likeness (QED) is 0.641. The SMILES string of the molecule is CC(=O)Nc1sc2c(c1C(=O)OCC(=O)Nc1ccc(Br)cc1F)CCCC2. The number of fused-ring (bicyclic) bond motifs is 1. The number of hydrogen-bond acceptors (Lipinski definition) is 5. The molecule has 1 aromatic heterocycles. The van der Waals surface area contributed by atoms with Gasteiger partial charge in [0.05, 0.1) is 11.3 Å². The first kappa shape index (κ1) is 20.5. The zero-order chi connectivity index (χ0) is 20.3. The van der Waals surface area contributed by atoms with Crippen molar-refractivity contribution in [1.82, 2.24) is 0 Å². The zero-order valence-corrected chi connectivity index (χ0v) is 17.5. The Morgan fingerprint density at radius 1 is 1.21 bits per heavy atom. The van der Waals surface area contributed by atoms with E-state index >= 15 is 0 Å². The van der Waals surface area contributed by atoms with Gasteiger partial charge >= 0.3 is 5.97 Å². The summed E-state index contributed by atoms with van der Waals surface area (Å²) in [6.45, 7) is 0.812. The number of rotatable bonds is 5. The number of ether oxygens (including phenoxy) is 1. The molecule has 1 aliphatic carbocycles. The van der Waals surface area contributed by atoms with Crippen molar-refractivity contribution < 1.29 is 23.5 Å². The minimum absolute atomic E-state index is 0.00361. The molecule has 0 fully saturated rings. The van der Waals surface area contributed by atoms with E-state index in [9.17, 15) is 18.8 Å². The predicted molar refractivity (Wildman–Crippen MR) is 108 cm³/mol. The second-order valence-corrected chi connectivity index (χ2v) is 8.37. The molecule has 1 aliphatic rings. The minimum Gasteiger partial charge on any atom is -0.452 e. The van der Waals surface area contributed by atoms with E-state index in [2.05, 4.69) is 26.6 Å². The third-order valence-corrected chi connectivity index (χ3v) is 5.91. The molecule has 0 bridgehead atoms. The molecule has 1 heterocycles. The fourth-order valence-electron chi connectivity index (χ4n) is 3.01. The van der Waals surface area contributed by atoms with Crippen molar-refractivity contribution in [3.63, 3.8) is 0 Å². The lowest BCUT2D eigenvalue weighted by molar-refractivity contribution is -0.119. The molecule has 3 rings (SSSR count). The van der Waals surface area contributed by atoms with Crippen molar-refractivity contribution in [1.29, 1.82) is 0 Å². The van der Waals surface area contributed by atoms with Crippen LogP contribution in [0.4, 0.5) is 15.1 Å². The fourth-order valence-corrected chi connectivity index (χ4v) is 4.67. The minimum atomic E-state index is -0.672. The maximum Gasteiger partial charge on any atom is 0.341 e. The number of nitrogens with one attached hydrogen (secondary N) is 2. The molecule has 0 unspecified atom stereocenters. The highest BCUT2D eigenvalue weighted by Crippen LogP contribution is 2.38. The van der Waals surface area contributed by atoms with Gasteiger partial charge in [-0.05, 0) is 49.4 Å². The first-order chi connectivity index (χ1) is 13.3. The fraction of sp³-hybridized carbons (Fsp3) is 0.316. The Hall–Kier alpha value is -2.26. The first-order valence-electron chi connectivity index (χ1n) is 8.69. The maximum absolute atomic E-state index is 13.8. The third kappa shape index (κ3) is 4.77. The van der Waals surface area contributed by atoms with Gasteiger partial charge in [0, 0.05) is 16.3 Å². The van der Waals surface area contributed by atoms with Gasteiger partial charge in [-0.1, -0.05) is 15.9 Å². The topological polar surface area (TPSA) is 84.5 Å². The Bertz CT molecular complexity index is 944. The van der Waals surface area contributed by atoms with E-state index in [0.29, 0.717) is 15.0 Å². The lowest BCUT2D eigenvalue weighted by atomic mass is 9.95. The number of carbonyl (C=O) groups is 3. The standard InChI is InChI=1S/C19H18BrFN2O4S/c1-10(24)22-18-17(12-4-2-3-5-15(12)28-18)19(26)27-9-16(25)23-14-7-6-11(20)8-13(14)21/h6-8H,2-5,9H2,1H3,(H,22,24)(H,23,25). The van der Waals surface area contributed by atoms with Crippen LogP contribution in [0.2, 0.25) is 0 Å². The van der Waals surface area contributed by atoms with E-state index in [1.807, 2.05) is 0 Å². The first-order valence-corrected chi connectivity index (χ1v) is 10.3. The van der Waals surface area contributed by atoms with Crippen LogP contribution in [0.3, 0.4) is 0 Å². The highest BCUT2D eigenvalue weighted by Gasteiger charge is 2.27. The van der Waals surface area contributed by atoms with E-state index in [4.69, 9.17) is 4.74 Å². The van der Waals surface area contributed by atoms with Crippen LogP contribution in [0.5, 0.6) is 0 Å². The van der Waals surface area contributed by atoms with Crippen LogP contribution in [-0.4, -0.2) is 24.4 Å². The van der Waals surface area contributed by atoms with Gasteiger partial charge in [-0.25, -0.2) is 9.18 Å². The molecule has 2 aromatic rings. The summed E-state index contributed by atoms with van der Waals surface area (Å²) in [7, 11) is 0. The largest absolute Gasteiger partial charge is 0.452 e. The van der Waals surface area contributed by atoms with Gasteiger partial charge in [0.15, 0.2) is 6.61 Å². The summed E-state index contributed by atoms with van der Waals surface area (Å²) < 4.78 is 19.5. The number of hydrogen-bond donors (Lipinski definition) is 2. The van der Waals surface area contributed by atoms with Crippen molar-refractivity contribution in [3.8, 4) is 0 Å². The van der Waals surface area contributed by atoms with Crippen LogP contribution in [0.25, 0.3) is 0 Å². The van der Waals surface area contributed by atoms with E-state index in [0.717, 1.165) is 36.1 Å². The molecular formula is C19H18BrFN2O4S. The normalized spacial score (nSPS) is 12.8. The molecule has 9 heteroatoms. The van der Waals surface area contributed by atoms with Gasteiger partial charge < -0.3 is 15.4 Å². The monoisotopic (exact) mass is 468 g/mol. The smallest absolute Gasteiger partial charge is 0.341 e. The Morgan fingerprint density at radius 2 is 1.96 bits per heavy atom. The average molecular weight is 469 g/mol. The van der Waals surface area contributed by atoms with Gasteiger partial charge in [-0.2, -0.15) is 0 Å².